The van der Waals surface area contributed by atoms with Crippen LogP contribution in [-0.2, 0) is 21.3 Å². The van der Waals surface area contributed by atoms with Crippen LogP contribution in [0.3, 0.4) is 0 Å². The summed E-state index contributed by atoms with van der Waals surface area (Å²) < 4.78 is 32.3. The molecule has 0 amide bonds. The standard InChI is InChI=1S/C8H8O2S.C7H6O2.2C4H10/c9-11(10)5-7-3-1-2-4-8(7)6-11;1-2-4-7-6(3-1)8-5-9-7;2*1-4(2)3/h1-4H,5-6H2;1-4H,5H2;2*4H,1-3H3. The summed E-state index contributed by atoms with van der Waals surface area (Å²) in [4.78, 5) is 0. The van der Waals surface area contributed by atoms with E-state index in [1.54, 1.807) is 0 Å². The number of fused-ring (bicyclic) bond motifs is 2. The van der Waals surface area contributed by atoms with Crippen LogP contribution < -0.4 is 9.47 Å². The summed E-state index contributed by atoms with van der Waals surface area (Å²) in [5.41, 5.74) is 1.93. The largest absolute Gasteiger partial charge is 0.454 e. The van der Waals surface area contributed by atoms with Gasteiger partial charge in [-0.3, -0.25) is 0 Å². The molecule has 2 aliphatic rings. The Bertz CT molecular complexity index is 745. The molecule has 0 unspecified atom stereocenters. The Hall–Kier alpha value is -2.01. The van der Waals surface area contributed by atoms with E-state index in [0.29, 0.717) is 6.79 Å². The first-order chi connectivity index (χ1) is 13.1. The highest BCUT2D eigenvalue weighted by molar-refractivity contribution is 7.90. The molecule has 2 aliphatic heterocycles. The molecule has 0 radical (unpaired) electrons. The fourth-order valence-corrected chi connectivity index (χ4v) is 3.82. The third-order valence-corrected chi connectivity index (χ3v) is 4.65. The van der Waals surface area contributed by atoms with E-state index in [-0.39, 0.29) is 11.5 Å². The fraction of sp³-hybridized carbons (Fsp3) is 0.478. The van der Waals surface area contributed by atoms with Crippen LogP contribution in [0.2, 0.25) is 0 Å². The van der Waals surface area contributed by atoms with Gasteiger partial charge in [0.15, 0.2) is 21.3 Å². The van der Waals surface area contributed by atoms with Gasteiger partial charge in [-0.2, -0.15) is 0 Å². The molecule has 2 aromatic rings. The Kier molecular flexibility index (Phi) is 10.1. The zero-order chi connectivity index (χ0) is 21.2. The van der Waals surface area contributed by atoms with E-state index in [1.165, 1.54) is 0 Å². The molecule has 2 heterocycles. The first-order valence-corrected chi connectivity index (χ1v) is 11.5. The van der Waals surface area contributed by atoms with Crippen LogP contribution in [0.4, 0.5) is 0 Å². The first-order valence-electron chi connectivity index (χ1n) is 9.72. The van der Waals surface area contributed by atoms with Gasteiger partial charge >= 0.3 is 0 Å². The monoisotopic (exact) mass is 406 g/mol. The van der Waals surface area contributed by atoms with Crippen molar-refractivity contribution < 1.29 is 17.9 Å². The maximum atomic E-state index is 11.1. The van der Waals surface area contributed by atoms with E-state index >= 15 is 0 Å². The molecular weight excluding hydrogens is 372 g/mol. The molecule has 0 aliphatic carbocycles. The number of hydrogen-bond acceptors (Lipinski definition) is 4. The van der Waals surface area contributed by atoms with Crippen molar-refractivity contribution in [3.05, 3.63) is 59.7 Å². The number of rotatable bonds is 0. The van der Waals surface area contributed by atoms with Gasteiger partial charge < -0.3 is 9.47 Å². The second-order valence-electron chi connectivity index (χ2n) is 8.12. The molecule has 156 valence electrons. The van der Waals surface area contributed by atoms with Crippen molar-refractivity contribution in [1.29, 1.82) is 0 Å². The van der Waals surface area contributed by atoms with Crippen molar-refractivity contribution in [1.82, 2.24) is 0 Å². The molecule has 0 spiro atoms. The van der Waals surface area contributed by atoms with Crippen LogP contribution in [0.25, 0.3) is 0 Å². The molecule has 0 aromatic heterocycles. The van der Waals surface area contributed by atoms with Gasteiger partial charge in [0, 0.05) is 0 Å². The van der Waals surface area contributed by atoms with Gasteiger partial charge in [0.05, 0.1) is 11.5 Å². The van der Waals surface area contributed by atoms with Crippen LogP contribution in [0.1, 0.15) is 52.7 Å². The molecule has 0 saturated carbocycles. The smallest absolute Gasteiger partial charge is 0.231 e. The summed E-state index contributed by atoms with van der Waals surface area (Å²) in [5.74, 6) is 3.81. The highest BCUT2D eigenvalue weighted by Crippen LogP contribution is 2.30. The van der Waals surface area contributed by atoms with E-state index in [1.807, 2.05) is 48.5 Å². The topological polar surface area (TPSA) is 52.6 Å². The third kappa shape index (κ3) is 9.79. The molecule has 0 bridgehead atoms. The normalized spacial score (nSPS) is 14.7. The Morgan fingerprint density at radius 3 is 1.36 bits per heavy atom. The van der Waals surface area contributed by atoms with Gasteiger partial charge in [-0.1, -0.05) is 77.9 Å². The minimum absolute atomic E-state index is 0.225. The zero-order valence-electron chi connectivity index (χ0n) is 17.9. The van der Waals surface area contributed by atoms with Gasteiger partial charge in [-0.05, 0) is 35.1 Å². The average Bonchev–Trinajstić information content (AvgIpc) is 3.16. The molecule has 0 fully saturated rings. The minimum Gasteiger partial charge on any atom is -0.454 e. The fourth-order valence-electron chi connectivity index (χ4n) is 2.21. The SMILES string of the molecule is CC(C)C.CC(C)C.O=S1(=O)Cc2ccccc2C1.c1ccc2c(c1)OCO2. The number of ether oxygens (including phenoxy) is 2. The number of sulfone groups is 1. The quantitative estimate of drug-likeness (QED) is 0.550. The lowest BCUT2D eigenvalue weighted by molar-refractivity contribution is 0.174. The van der Waals surface area contributed by atoms with Crippen molar-refractivity contribution in [3.8, 4) is 11.5 Å². The second-order valence-corrected chi connectivity index (χ2v) is 10.2. The van der Waals surface area contributed by atoms with Gasteiger partial charge in [-0.15, -0.1) is 0 Å². The summed E-state index contributed by atoms with van der Waals surface area (Å²) in [5, 5.41) is 0. The molecular formula is C23H34O4S. The zero-order valence-corrected chi connectivity index (χ0v) is 18.8. The van der Waals surface area contributed by atoms with Crippen LogP contribution in [0, 0.1) is 11.8 Å². The third-order valence-electron chi connectivity index (χ3n) is 3.15. The number of hydrogen-bond donors (Lipinski definition) is 0. The van der Waals surface area contributed by atoms with Crippen molar-refractivity contribution in [2.75, 3.05) is 6.79 Å². The van der Waals surface area contributed by atoms with E-state index in [0.717, 1.165) is 34.5 Å². The molecule has 0 saturated heterocycles. The minimum atomic E-state index is -2.81. The Morgan fingerprint density at radius 2 is 1.00 bits per heavy atom. The van der Waals surface area contributed by atoms with E-state index in [9.17, 15) is 8.42 Å². The average molecular weight is 407 g/mol. The van der Waals surface area contributed by atoms with E-state index in [2.05, 4.69) is 41.5 Å². The molecule has 5 heteroatoms. The first kappa shape index (κ1) is 24.0. The van der Waals surface area contributed by atoms with Crippen LogP contribution in [-0.4, -0.2) is 15.2 Å². The molecule has 4 rings (SSSR count). The van der Waals surface area contributed by atoms with E-state index in [4.69, 9.17) is 9.47 Å². The number of para-hydroxylation sites is 2. The molecule has 0 atom stereocenters. The Labute approximate surface area is 170 Å². The summed E-state index contributed by atoms with van der Waals surface area (Å²) in [6.45, 7) is 13.4. The molecule has 2 aromatic carbocycles. The Balaban J connectivity index is 0.000000208. The predicted octanol–water partition coefficient (Wildman–Crippen LogP) is 5.85. The highest BCUT2D eigenvalue weighted by Gasteiger charge is 2.23. The van der Waals surface area contributed by atoms with Crippen LogP contribution in [0.15, 0.2) is 48.5 Å². The lowest BCUT2D eigenvalue weighted by Crippen LogP contribution is -1.95. The van der Waals surface area contributed by atoms with Crippen molar-refractivity contribution in [3.63, 3.8) is 0 Å². The van der Waals surface area contributed by atoms with Gasteiger partial charge in [-0.25, -0.2) is 8.42 Å². The molecule has 0 N–H and O–H groups in total. The number of benzene rings is 2. The lowest BCUT2D eigenvalue weighted by atomic mass is 10.1. The summed E-state index contributed by atoms with van der Waals surface area (Å²) in [7, 11) is -2.81. The second kappa shape index (κ2) is 11.7. The summed E-state index contributed by atoms with van der Waals surface area (Å²) >= 11 is 0. The van der Waals surface area contributed by atoms with Crippen molar-refractivity contribution in [2.24, 2.45) is 11.8 Å². The summed E-state index contributed by atoms with van der Waals surface area (Å²) in [6, 6.07) is 15.1. The van der Waals surface area contributed by atoms with Crippen molar-refractivity contribution in [2.45, 2.75) is 53.0 Å². The lowest BCUT2D eigenvalue weighted by Gasteiger charge is -1.90. The van der Waals surface area contributed by atoms with Crippen molar-refractivity contribution >= 4 is 9.84 Å². The van der Waals surface area contributed by atoms with Crippen LogP contribution >= 0.6 is 0 Å². The predicted molar refractivity (Wildman–Crippen MR) is 116 cm³/mol. The maximum Gasteiger partial charge on any atom is 0.231 e. The van der Waals surface area contributed by atoms with Crippen LogP contribution in [0.5, 0.6) is 11.5 Å². The van der Waals surface area contributed by atoms with E-state index < -0.39 is 9.84 Å². The van der Waals surface area contributed by atoms with Gasteiger partial charge in [0.25, 0.3) is 0 Å². The summed E-state index contributed by atoms with van der Waals surface area (Å²) in [6.07, 6.45) is 0. The van der Waals surface area contributed by atoms with Gasteiger partial charge in [0.2, 0.25) is 6.79 Å². The van der Waals surface area contributed by atoms with Gasteiger partial charge in [0.1, 0.15) is 0 Å². The Morgan fingerprint density at radius 1 is 0.679 bits per heavy atom. The maximum absolute atomic E-state index is 11.1. The molecule has 28 heavy (non-hydrogen) atoms. The molecule has 4 nitrogen and oxygen atoms in total. The highest BCUT2D eigenvalue weighted by atomic mass is 32.2.